The summed E-state index contributed by atoms with van der Waals surface area (Å²) in [6, 6.07) is 14.8. The molecule has 1 heterocycles. The van der Waals surface area contributed by atoms with Crippen LogP contribution in [0.1, 0.15) is 12.5 Å². The van der Waals surface area contributed by atoms with Crippen molar-refractivity contribution in [2.75, 3.05) is 12.8 Å². The molecule has 7 heteroatoms. The quantitative estimate of drug-likeness (QED) is 0.643. The summed E-state index contributed by atoms with van der Waals surface area (Å²) in [4.78, 5) is 8.74. The Balaban J connectivity index is 2.07. The van der Waals surface area contributed by atoms with E-state index in [-0.39, 0.29) is 17.4 Å². The van der Waals surface area contributed by atoms with E-state index in [4.69, 9.17) is 19.9 Å². The van der Waals surface area contributed by atoms with Gasteiger partial charge in [0.05, 0.1) is 7.11 Å². The molecule has 3 aromatic rings. The number of ether oxygens (including phenoxy) is 3. The summed E-state index contributed by atoms with van der Waals surface area (Å²) < 4.78 is 16.6. The monoisotopic (exact) mass is 367 g/mol. The van der Waals surface area contributed by atoms with Crippen LogP contribution in [0.15, 0.2) is 48.5 Å². The van der Waals surface area contributed by atoms with Crippen LogP contribution in [0, 0.1) is 6.92 Å². The molecule has 0 fully saturated rings. The van der Waals surface area contributed by atoms with E-state index in [2.05, 4.69) is 9.97 Å². The second-order valence-corrected chi connectivity index (χ2v) is 5.91. The Morgan fingerprint density at radius 2 is 1.78 bits per heavy atom. The number of anilines is 1. The van der Waals surface area contributed by atoms with Crippen molar-refractivity contribution in [1.82, 2.24) is 9.97 Å². The molecule has 140 valence electrons. The topological polar surface area (TPSA) is 99.7 Å². The van der Waals surface area contributed by atoms with Crippen LogP contribution in [0.2, 0.25) is 0 Å². The number of rotatable bonds is 6. The highest BCUT2D eigenvalue weighted by atomic mass is 16.6. The SMILES string of the molecule is COc1ccccc1Oc1c(N)nc(-c2cccc(C)c2)nc1OC(C)O. The molecule has 0 aliphatic rings. The number of benzene rings is 2. The summed E-state index contributed by atoms with van der Waals surface area (Å²) in [6.07, 6.45) is -1.11. The van der Waals surface area contributed by atoms with E-state index in [0.717, 1.165) is 11.1 Å². The van der Waals surface area contributed by atoms with Crippen LogP contribution >= 0.6 is 0 Å². The maximum Gasteiger partial charge on any atom is 0.266 e. The molecule has 7 nitrogen and oxygen atoms in total. The van der Waals surface area contributed by atoms with Crippen molar-refractivity contribution in [3.63, 3.8) is 0 Å². The molecular formula is C20H21N3O4. The molecule has 0 bridgehead atoms. The molecule has 0 radical (unpaired) electrons. The first-order chi connectivity index (χ1) is 13.0. The van der Waals surface area contributed by atoms with Gasteiger partial charge in [0.2, 0.25) is 5.75 Å². The molecule has 2 aromatic carbocycles. The average Bonchev–Trinajstić information content (AvgIpc) is 2.64. The minimum atomic E-state index is -1.11. The van der Waals surface area contributed by atoms with Crippen LogP contribution in [-0.2, 0) is 0 Å². The van der Waals surface area contributed by atoms with E-state index in [0.29, 0.717) is 17.3 Å². The number of nitrogens with two attached hydrogens (primary N) is 1. The van der Waals surface area contributed by atoms with E-state index < -0.39 is 6.29 Å². The van der Waals surface area contributed by atoms with Crippen LogP contribution in [0.5, 0.6) is 23.1 Å². The maximum atomic E-state index is 9.69. The summed E-state index contributed by atoms with van der Waals surface area (Å²) >= 11 is 0. The molecule has 1 atom stereocenters. The normalized spacial score (nSPS) is 11.7. The third-order valence-electron chi connectivity index (χ3n) is 3.70. The molecule has 0 aliphatic heterocycles. The lowest BCUT2D eigenvalue weighted by atomic mass is 10.1. The Labute approximate surface area is 157 Å². The number of nitrogen functional groups attached to an aromatic ring is 1. The molecule has 3 N–H and O–H groups in total. The van der Waals surface area contributed by atoms with Crippen molar-refractivity contribution in [1.29, 1.82) is 0 Å². The molecule has 3 rings (SSSR count). The van der Waals surface area contributed by atoms with Gasteiger partial charge < -0.3 is 25.1 Å². The lowest BCUT2D eigenvalue weighted by Crippen LogP contribution is -2.13. The lowest BCUT2D eigenvalue weighted by Gasteiger charge is -2.17. The van der Waals surface area contributed by atoms with Gasteiger partial charge in [0.25, 0.3) is 5.88 Å². The minimum absolute atomic E-state index is 0.0416. The van der Waals surface area contributed by atoms with Crippen molar-refractivity contribution in [3.05, 3.63) is 54.1 Å². The zero-order valence-corrected chi connectivity index (χ0v) is 15.3. The van der Waals surface area contributed by atoms with Gasteiger partial charge in [-0.3, -0.25) is 0 Å². The predicted octanol–water partition coefficient (Wildman–Crippen LogP) is 3.55. The maximum absolute atomic E-state index is 9.69. The van der Waals surface area contributed by atoms with Gasteiger partial charge in [-0.05, 0) is 32.0 Å². The highest BCUT2D eigenvalue weighted by molar-refractivity contribution is 5.64. The Bertz CT molecular complexity index is 944. The third-order valence-corrected chi connectivity index (χ3v) is 3.70. The molecule has 0 spiro atoms. The largest absolute Gasteiger partial charge is 0.493 e. The number of nitrogens with zero attached hydrogens (tertiary/aromatic N) is 2. The average molecular weight is 367 g/mol. The van der Waals surface area contributed by atoms with Crippen molar-refractivity contribution >= 4 is 5.82 Å². The number of para-hydroxylation sites is 2. The van der Waals surface area contributed by atoms with Gasteiger partial charge in [0.15, 0.2) is 29.4 Å². The Morgan fingerprint density at radius 3 is 2.44 bits per heavy atom. The van der Waals surface area contributed by atoms with E-state index in [1.165, 1.54) is 14.0 Å². The molecule has 0 aliphatic carbocycles. The smallest absolute Gasteiger partial charge is 0.266 e. The zero-order valence-electron chi connectivity index (χ0n) is 15.3. The highest BCUT2D eigenvalue weighted by Gasteiger charge is 2.20. The molecule has 0 amide bonds. The Morgan fingerprint density at radius 1 is 1.04 bits per heavy atom. The van der Waals surface area contributed by atoms with Crippen LogP contribution in [0.25, 0.3) is 11.4 Å². The van der Waals surface area contributed by atoms with Gasteiger partial charge in [0, 0.05) is 5.56 Å². The number of aryl methyl sites for hydroxylation is 1. The standard InChI is InChI=1S/C20H21N3O4/c1-12-7-6-8-14(11-12)19-22-18(21)17(20(23-19)26-13(2)24)27-16-10-5-4-9-15(16)25-3/h4-11,13,24H,1-3H3,(H2,21,22,23). The fraction of sp³-hybridized carbons (Fsp3) is 0.200. The van der Waals surface area contributed by atoms with Gasteiger partial charge in [-0.1, -0.05) is 35.9 Å². The predicted molar refractivity (Wildman–Crippen MR) is 102 cm³/mol. The van der Waals surface area contributed by atoms with Crippen LogP contribution in [-0.4, -0.2) is 28.5 Å². The van der Waals surface area contributed by atoms with E-state index >= 15 is 0 Å². The first kappa shape index (κ1) is 18.5. The first-order valence-corrected chi connectivity index (χ1v) is 8.38. The third kappa shape index (κ3) is 4.27. The highest BCUT2D eigenvalue weighted by Crippen LogP contribution is 2.39. The fourth-order valence-corrected chi connectivity index (χ4v) is 2.51. The van der Waals surface area contributed by atoms with Crippen LogP contribution in [0.4, 0.5) is 5.82 Å². The number of hydrogen-bond acceptors (Lipinski definition) is 7. The number of aliphatic hydroxyl groups excluding tert-OH is 1. The fourth-order valence-electron chi connectivity index (χ4n) is 2.51. The summed E-state index contributed by atoms with van der Waals surface area (Å²) in [5.41, 5.74) is 7.97. The van der Waals surface area contributed by atoms with Crippen LogP contribution in [0.3, 0.4) is 0 Å². The second-order valence-electron chi connectivity index (χ2n) is 5.91. The van der Waals surface area contributed by atoms with Gasteiger partial charge in [-0.2, -0.15) is 4.98 Å². The van der Waals surface area contributed by atoms with Gasteiger partial charge >= 0.3 is 0 Å². The number of aliphatic hydroxyl groups is 1. The van der Waals surface area contributed by atoms with E-state index in [9.17, 15) is 5.11 Å². The van der Waals surface area contributed by atoms with Gasteiger partial charge in [0.1, 0.15) is 0 Å². The molecule has 1 aromatic heterocycles. The van der Waals surface area contributed by atoms with E-state index in [1.54, 1.807) is 18.2 Å². The number of methoxy groups -OCH3 is 1. The minimum Gasteiger partial charge on any atom is -0.493 e. The molecular weight excluding hydrogens is 346 g/mol. The summed E-state index contributed by atoms with van der Waals surface area (Å²) in [7, 11) is 1.54. The number of aromatic nitrogens is 2. The zero-order chi connectivity index (χ0) is 19.4. The summed E-state index contributed by atoms with van der Waals surface area (Å²) in [6.45, 7) is 3.44. The van der Waals surface area contributed by atoms with Crippen molar-refractivity contribution in [2.24, 2.45) is 0 Å². The Hall–Kier alpha value is -3.32. The summed E-state index contributed by atoms with van der Waals surface area (Å²) in [5, 5.41) is 9.69. The van der Waals surface area contributed by atoms with Gasteiger partial charge in [-0.15, -0.1) is 0 Å². The first-order valence-electron chi connectivity index (χ1n) is 8.38. The Kier molecular flexibility index (Phi) is 5.42. The van der Waals surface area contributed by atoms with Crippen molar-refractivity contribution in [2.45, 2.75) is 20.1 Å². The lowest BCUT2D eigenvalue weighted by molar-refractivity contribution is -0.00520. The summed E-state index contributed by atoms with van der Waals surface area (Å²) in [5.74, 6) is 1.55. The molecule has 0 saturated heterocycles. The van der Waals surface area contributed by atoms with Crippen molar-refractivity contribution in [3.8, 4) is 34.5 Å². The molecule has 0 saturated carbocycles. The van der Waals surface area contributed by atoms with E-state index in [1.807, 2.05) is 37.3 Å². The van der Waals surface area contributed by atoms with Crippen LogP contribution < -0.4 is 19.9 Å². The second kappa shape index (κ2) is 7.92. The number of hydrogen-bond donors (Lipinski definition) is 2. The van der Waals surface area contributed by atoms with Crippen molar-refractivity contribution < 1.29 is 19.3 Å². The molecule has 27 heavy (non-hydrogen) atoms. The van der Waals surface area contributed by atoms with Gasteiger partial charge in [-0.25, -0.2) is 4.98 Å². The molecule has 1 unspecified atom stereocenters.